The summed E-state index contributed by atoms with van der Waals surface area (Å²) in [7, 11) is 0. The quantitative estimate of drug-likeness (QED) is 0.822. The van der Waals surface area contributed by atoms with Crippen LogP contribution in [-0.4, -0.2) is 6.61 Å². The summed E-state index contributed by atoms with van der Waals surface area (Å²) in [6.07, 6.45) is 0.903. The molecule has 1 aromatic heterocycles. The van der Waals surface area contributed by atoms with Gasteiger partial charge in [-0.3, -0.25) is 0 Å². The fourth-order valence-corrected chi connectivity index (χ4v) is 2.24. The minimum atomic E-state index is 0.640. The Morgan fingerprint density at radius 2 is 2.24 bits per heavy atom. The summed E-state index contributed by atoms with van der Waals surface area (Å²) in [6.45, 7) is 2.63. The van der Waals surface area contributed by atoms with E-state index < -0.39 is 0 Å². The molecule has 86 valence electrons. The number of ether oxygens (including phenoxy) is 1. The average molecular weight is 243 g/mol. The van der Waals surface area contributed by atoms with Crippen molar-refractivity contribution in [3.05, 3.63) is 51.7 Å². The number of rotatable bonds is 4. The first-order chi connectivity index (χ1) is 8.29. The van der Waals surface area contributed by atoms with Gasteiger partial charge in [0.2, 0.25) is 0 Å². The zero-order valence-corrected chi connectivity index (χ0v) is 10.5. The van der Waals surface area contributed by atoms with Gasteiger partial charge in [-0.2, -0.15) is 16.6 Å². The summed E-state index contributed by atoms with van der Waals surface area (Å²) < 4.78 is 5.71. The molecule has 0 unspecified atom stereocenters. The molecule has 0 N–H and O–H groups in total. The van der Waals surface area contributed by atoms with Gasteiger partial charge in [-0.25, -0.2) is 0 Å². The van der Waals surface area contributed by atoms with E-state index in [1.54, 1.807) is 23.5 Å². The molecule has 2 nitrogen and oxygen atoms in total. The van der Waals surface area contributed by atoms with E-state index in [-0.39, 0.29) is 0 Å². The lowest BCUT2D eigenvalue weighted by Gasteiger charge is -2.08. The molecule has 3 heteroatoms. The van der Waals surface area contributed by atoms with Crippen LogP contribution in [0.25, 0.3) is 0 Å². The molecule has 0 spiro atoms. The van der Waals surface area contributed by atoms with Crippen molar-refractivity contribution in [2.75, 3.05) is 6.61 Å². The van der Waals surface area contributed by atoms with Crippen LogP contribution in [0.5, 0.6) is 5.75 Å². The van der Waals surface area contributed by atoms with Crippen molar-refractivity contribution < 1.29 is 4.74 Å². The predicted octanol–water partition coefficient (Wildman–Crippen LogP) is 3.55. The van der Waals surface area contributed by atoms with E-state index in [4.69, 9.17) is 10.00 Å². The number of hydrogen-bond donors (Lipinski definition) is 0. The van der Waals surface area contributed by atoms with Crippen LogP contribution < -0.4 is 4.74 Å². The Bertz CT molecular complexity index is 526. The summed E-state index contributed by atoms with van der Waals surface area (Å²) in [4.78, 5) is 0. The maximum Gasteiger partial charge on any atom is 0.123 e. The normalized spacial score (nSPS) is 9.88. The second-order valence-electron chi connectivity index (χ2n) is 3.82. The van der Waals surface area contributed by atoms with E-state index >= 15 is 0 Å². The van der Waals surface area contributed by atoms with Crippen LogP contribution in [-0.2, 0) is 6.42 Å². The SMILES string of the molecule is Cc1ccc(C#N)cc1OCCc1ccsc1. The lowest BCUT2D eigenvalue weighted by atomic mass is 10.1. The van der Waals surface area contributed by atoms with Crippen molar-refractivity contribution in [3.63, 3.8) is 0 Å². The molecule has 0 saturated heterocycles. The smallest absolute Gasteiger partial charge is 0.123 e. The third kappa shape index (κ3) is 3.08. The van der Waals surface area contributed by atoms with E-state index in [0.717, 1.165) is 17.7 Å². The Balaban J connectivity index is 1.97. The largest absolute Gasteiger partial charge is 0.493 e. The van der Waals surface area contributed by atoms with Gasteiger partial charge in [-0.05, 0) is 47.0 Å². The molecule has 1 aromatic carbocycles. The van der Waals surface area contributed by atoms with Gasteiger partial charge in [0, 0.05) is 6.42 Å². The molecular weight excluding hydrogens is 230 g/mol. The van der Waals surface area contributed by atoms with Crippen molar-refractivity contribution in [1.82, 2.24) is 0 Å². The molecule has 0 amide bonds. The monoisotopic (exact) mass is 243 g/mol. The first-order valence-electron chi connectivity index (χ1n) is 5.44. The van der Waals surface area contributed by atoms with Crippen LogP contribution in [0.2, 0.25) is 0 Å². The topological polar surface area (TPSA) is 33.0 Å². The fourth-order valence-electron chi connectivity index (χ4n) is 1.54. The van der Waals surface area contributed by atoms with Gasteiger partial charge in [0.15, 0.2) is 0 Å². The highest BCUT2D eigenvalue weighted by molar-refractivity contribution is 7.07. The Hall–Kier alpha value is -1.79. The van der Waals surface area contributed by atoms with Crippen LogP contribution in [0.3, 0.4) is 0 Å². The van der Waals surface area contributed by atoms with E-state index in [9.17, 15) is 0 Å². The molecule has 0 aliphatic heterocycles. The van der Waals surface area contributed by atoms with Crippen LogP contribution in [0.1, 0.15) is 16.7 Å². The van der Waals surface area contributed by atoms with Crippen molar-refractivity contribution in [3.8, 4) is 11.8 Å². The Morgan fingerprint density at radius 1 is 1.35 bits per heavy atom. The highest BCUT2D eigenvalue weighted by Crippen LogP contribution is 2.19. The third-order valence-electron chi connectivity index (χ3n) is 2.55. The second kappa shape index (κ2) is 5.51. The zero-order valence-electron chi connectivity index (χ0n) is 9.64. The Kier molecular flexibility index (Phi) is 3.79. The number of nitriles is 1. The summed E-state index contributed by atoms with van der Waals surface area (Å²) in [5.74, 6) is 0.805. The molecular formula is C14H13NOS. The van der Waals surface area contributed by atoms with Crippen LogP contribution in [0.15, 0.2) is 35.0 Å². The van der Waals surface area contributed by atoms with Gasteiger partial charge >= 0.3 is 0 Å². The minimum Gasteiger partial charge on any atom is -0.493 e. The summed E-state index contributed by atoms with van der Waals surface area (Å²) in [5.41, 5.74) is 3.00. The van der Waals surface area contributed by atoms with Gasteiger partial charge in [0.1, 0.15) is 5.75 Å². The number of aryl methyl sites for hydroxylation is 1. The van der Waals surface area contributed by atoms with Crippen LogP contribution >= 0.6 is 11.3 Å². The maximum absolute atomic E-state index is 8.82. The minimum absolute atomic E-state index is 0.640. The lowest BCUT2D eigenvalue weighted by molar-refractivity contribution is 0.320. The molecule has 0 aliphatic rings. The van der Waals surface area contributed by atoms with Gasteiger partial charge in [0.05, 0.1) is 18.2 Å². The van der Waals surface area contributed by atoms with Crippen molar-refractivity contribution in [2.45, 2.75) is 13.3 Å². The van der Waals surface area contributed by atoms with Gasteiger partial charge in [0.25, 0.3) is 0 Å². The molecule has 0 radical (unpaired) electrons. The summed E-state index contributed by atoms with van der Waals surface area (Å²) in [5, 5.41) is 13.0. The standard InChI is InChI=1S/C14H13NOS/c1-11-2-3-13(9-15)8-14(11)16-6-4-12-5-7-17-10-12/h2-3,5,7-8,10H,4,6H2,1H3. The van der Waals surface area contributed by atoms with E-state index in [2.05, 4.69) is 22.9 Å². The molecule has 0 bridgehead atoms. The first kappa shape index (κ1) is 11.7. The molecule has 2 rings (SSSR count). The van der Waals surface area contributed by atoms with Gasteiger partial charge < -0.3 is 4.74 Å². The van der Waals surface area contributed by atoms with E-state index in [1.165, 1.54) is 5.56 Å². The van der Waals surface area contributed by atoms with Crippen molar-refractivity contribution >= 4 is 11.3 Å². The van der Waals surface area contributed by atoms with Gasteiger partial charge in [-0.1, -0.05) is 6.07 Å². The van der Waals surface area contributed by atoms with Crippen LogP contribution in [0, 0.1) is 18.3 Å². The predicted molar refractivity (Wildman–Crippen MR) is 69.4 cm³/mol. The molecule has 0 saturated carbocycles. The maximum atomic E-state index is 8.82. The highest BCUT2D eigenvalue weighted by Gasteiger charge is 2.01. The van der Waals surface area contributed by atoms with E-state index in [1.807, 2.05) is 13.0 Å². The first-order valence-corrected chi connectivity index (χ1v) is 6.38. The number of nitrogens with zero attached hydrogens (tertiary/aromatic N) is 1. The molecule has 0 aliphatic carbocycles. The highest BCUT2D eigenvalue weighted by atomic mass is 32.1. The lowest BCUT2D eigenvalue weighted by Crippen LogP contribution is -2.02. The molecule has 2 aromatic rings. The fraction of sp³-hybridized carbons (Fsp3) is 0.214. The number of hydrogen-bond acceptors (Lipinski definition) is 3. The molecule has 0 fully saturated rings. The summed E-state index contributed by atoms with van der Waals surface area (Å²) in [6, 6.07) is 9.74. The van der Waals surface area contributed by atoms with Crippen molar-refractivity contribution in [2.24, 2.45) is 0 Å². The summed E-state index contributed by atoms with van der Waals surface area (Å²) >= 11 is 1.70. The van der Waals surface area contributed by atoms with Crippen LogP contribution in [0.4, 0.5) is 0 Å². The molecule has 0 atom stereocenters. The van der Waals surface area contributed by atoms with Crippen molar-refractivity contribution in [1.29, 1.82) is 5.26 Å². The second-order valence-corrected chi connectivity index (χ2v) is 4.60. The van der Waals surface area contributed by atoms with E-state index in [0.29, 0.717) is 12.2 Å². The third-order valence-corrected chi connectivity index (χ3v) is 3.28. The molecule has 17 heavy (non-hydrogen) atoms. The number of thiophene rings is 1. The number of benzene rings is 1. The van der Waals surface area contributed by atoms with Gasteiger partial charge in [-0.15, -0.1) is 0 Å². The zero-order chi connectivity index (χ0) is 12.1. The average Bonchev–Trinajstić information content (AvgIpc) is 2.84. The Labute approximate surface area is 105 Å². The molecule has 1 heterocycles. The Morgan fingerprint density at radius 3 is 2.94 bits per heavy atom.